The van der Waals surface area contributed by atoms with Crippen LogP contribution in [0.1, 0.15) is 12.7 Å². The number of hydrogen-bond donors (Lipinski definition) is 3. The maximum absolute atomic E-state index is 12.8. The summed E-state index contributed by atoms with van der Waals surface area (Å²) >= 11 is 0. The highest BCUT2D eigenvalue weighted by Gasteiger charge is 2.05. The molecule has 1 amide bonds. The molecular formula is C15H20FN7O. The van der Waals surface area contributed by atoms with E-state index in [2.05, 4.69) is 31.0 Å². The number of guanidine groups is 1. The highest BCUT2D eigenvalue weighted by Crippen LogP contribution is 2.07. The molecule has 0 saturated carbocycles. The Kier molecular flexibility index (Phi) is 6.23. The molecule has 0 aliphatic heterocycles. The molecule has 2 aromatic rings. The summed E-state index contributed by atoms with van der Waals surface area (Å²) in [7, 11) is 1.79. The molecule has 0 saturated heterocycles. The zero-order valence-corrected chi connectivity index (χ0v) is 13.6. The van der Waals surface area contributed by atoms with E-state index in [9.17, 15) is 9.18 Å². The van der Waals surface area contributed by atoms with Gasteiger partial charge in [0.05, 0.1) is 6.54 Å². The molecule has 0 unspecified atom stereocenters. The highest BCUT2D eigenvalue weighted by molar-refractivity contribution is 5.94. The zero-order valence-electron chi connectivity index (χ0n) is 13.6. The number of aryl methyl sites for hydroxylation is 1. The summed E-state index contributed by atoms with van der Waals surface area (Å²) < 4.78 is 14.5. The maximum atomic E-state index is 12.8. The first kappa shape index (κ1) is 17.4. The van der Waals surface area contributed by atoms with Crippen molar-refractivity contribution in [3.05, 3.63) is 42.2 Å². The van der Waals surface area contributed by atoms with E-state index < -0.39 is 0 Å². The van der Waals surface area contributed by atoms with Gasteiger partial charge in [-0.3, -0.25) is 9.48 Å². The number of amides is 1. The van der Waals surface area contributed by atoms with Gasteiger partial charge in [-0.15, -0.1) is 0 Å². The van der Waals surface area contributed by atoms with Crippen molar-refractivity contribution in [1.82, 2.24) is 25.4 Å². The predicted molar refractivity (Wildman–Crippen MR) is 88.9 cm³/mol. The lowest BCUT2D eigenvalue weighted by atomic mass is 10.3. The van der Waals surface area contributed by atoms with Gasteiger partial charge in [0.2, 0.25) is 5.91 Å². The van der Waals surface area contributed by atoms with E-state index in [-0.39, 0.29) is 18.3 Å². The molecule has 24 heavy (non-hydrogen) atoms. The molecule has 2 rings (SSSR count). The first-order valence-electron chi connectivity index (χ1n) is 7.49. The minimum absolute atomic E-state index is 0.0298. The third-order valence-electron chi connectivity index (χ3n) is 3.07. The number of nitrogens with one attached hydrogen (secondary N) is 3. The SMILES string of the molecule is CCNC(=NCc1ncnn1C)NCC(=O)Nc1ccc(F)cc1. The van der Waals surface area contributed by atoms with Crippen LogP contribution in [0.2, 0.25) is 0 Å². The number of halogens is 1. The van der Waals surface area contributed by atoms with Crippen LogP contribution >= 0.6 is 0 Å². The molecule has 9 heteroatoms. The summed E-state index contributed by atoms with van der Waals surface area (Å²) in [5, 5.41) is 12.6. The minimum Gasteiger partial charge on any atom is -0.357 e. The van der Waals surface area contributed by atoms with Crippen molar-refractivity contribution in [3.63, 3.8) is 0 Å². The molecule has 1 aromatic carbocycles. The molecule has 128 valence electrons. The van der Waals surface area contributed by atoms with E-state index in [0.717, 1.165) is 0 Å². The van der Waals surface area contributed by atoms with Crippen LogP contribution in [0.4, 0.5) is 10.1 Å². The molecule has 1 aromatic heterocycles. The summed E-state index contributed by atoms with van der Waals surface area (Å²) in [6, 6.07) is 5.58. The van der Waals surface area contributed by atoms with Crippen LogP contribution in [0, 0.1) is 5.82 Å². The van der Waals surface area contributed by atoms with Gasteiger partial charge in [0.15, 0.2) is 5.96 Å². The first-order chi connectivity index (χ1) is 11.6. The van der Waals surface area contributed by atoms with E-state index in [0.29, 0.717) is 30.6 Å². The zero-order chi connectivity index (χ0) is 17.4. The minimum atomic E-state index is -0.350. The number of aromatic nitrogens is 3. The number of carbonyl (C=O) groups is 1. The van der Waals surface area contributed by atoms with Crippen LogP contribution in [0.25, 0.3) is 0 Å². The van der Waals surface area contributed by atoms with Gasteiger partial charge in [0.1, 0.15) is 24.5 Å². The summed E-state index contributed by atoms with van der Waals surface area (Å²) in [6.07, 6.45) is 1.46. The molecule has 0 spiro atoms. The van der Waals surface area contributed by atoms with Crippen molar-refractivity contribution in [2.24, 2.45) is 12.0 Å². The molecule has 3 N–H and O–H groups in total. The first-order valence-corrected chi connectivity index (χ1v) is 7.49. The second kappa shape index (κ2) is 8.61. The van der Waals surface area contributed by atoms with Crippen molar-refractivity contribution in [3.8, 4) is 0 Å². The number of nitrogens with zero attached hydrogens (tertiary/aromatic N) is 4. The quantitative estimate of drug-likeness (QED) is 0.533. The lowest BCUT2D eigenvalue weighted by molar-refractivity contribution is -0.115. The van der Waals surface area contributed by atoms with Gasteiger partial charge in [-0.05, 0) is 31.2 Å². The molecular weight excluding hydrogens is 313 g/mol. The highest BCUT2D eigenvalue weighted by atomic mass is 19.1. The molecule has 0 aliphatic rings. The molecule has 0 radical (unpaired) electrons. The van der Waals surface area contributed by atoms with Gasteiger partial charge in [-0.25, -0.2) is 14.4 Å². The second-order valence-electron chi connectivity index (χ2n) is 4.90. The number of carbonyl (C=O) groups excluding carboxylic acids is 1. The third-order valence-corrected chi connectivity index (χ3v) is 3.07. The standard InChI is InChI=1S/C15H20FN7O/c1-3-17-15(18-8-13-20-10-21-23(13)2)19-9-14(24)22-12-6-4-11(16)5-7-12/h4-7,10H,3,8-9H2,1-2H3,(H,22,24)(H2,17,18,19). The van der Waals surface area contributed by atoms with Crippen LogP contribution in [-0.4, -0.2) is 39.7 Å². The third kappa shape index (κ3) is 5.34. The van der Waals surface area contributed by atoms with Crippen molar-refractivity contribution < 1.29 is 9.18 Å². The number of benzene rings is 1. The lowest BCUT2D eigenvalue weighted by Gasteiger charge is -2.11. The van der Waals surface area contributed by atoms with Crippen LogP contribution in [-0.2, 0) is 18.4 Å². The number of rotatable bonds is 6. The Balaban J connectivity index is 1.87. The molecule has 8 nitrogen and oxygen atoms in total. The fourth-order valence-corrected chi connectivity index (χ4v) is 1.86. The molecule has 0 fully saturated rings. The average Bonchev–Trinajstić information content (AvgIpc) is 2.97. The summed E-state index contributed by atoms with van der Waals surface area (Å²) in [6.45, 7) is 2.95. The number of anilines is 1. The van der Waals surface area contributed by atoms with Crippen LogP contribution in [0.3, 0.4) is 0 Å². The monoisotopic (exact) mass is 333 g/mol. The largest absolute Gasteiger partial charge is 0.357 e. The molecule has 0 atom stereocenters. The number of aliphatic imine (C=N–C) groups is 1. The average molecular weight is 333 g/mol. The van der Waals surface area contributed by atoms with Crippen molar-refractivity contribution in [1.29, 1.82) is 0 Å². The van der Waals surface area contributed by atoms with Crippen molar-refractivity contribution in [2.75, 3.05) is 18.4 Å². The van der Waals surface area contributed by atoms with Crippen molar-refractivity contribution in [2.45, 2.75) is 13.5 Å². The Morgan fingerprint density at radius 3 is 2.67 bits per heavy atom. The van der Waals surface area contributed by atoms with Crippen LogP contribution < -0.4 is 16.0 Å². The lowest BCUT2D eigenvalue weighted by Crippen LogP contribution is -2.41. The summed E-state index contributed by atoms with van der Waals surface area (Å²) in [5.74, 6) is 0.597. The topological polar surface area (TPSA) is 96.2 Å². The normalized spacial score (nSPS) is 11.2. The predicted octanol–water partition coefficient (Wildman–Crippen LogP) is 0.648. The van der Waals surface area contributed by atoms with E-state index in [1.165, 1.54) is 30.6 Å². The molecule has 0 bridgehead atoms. The molecule has 0 aliphatic carbocycles. The maximum Gasteiger partial charge on any atom is 0.243 e. The van der Waals surface area contributed by atoms with Gasteiger partial charge in [0.25, 0.3) is 0 Å². The van der Waals surface area contributed by atoms with E-state index >= 15 is 0 Å². The summed E-state index contributed by atoms with van der Waals surface area (Å²) in [4.78, 5) is 20.4. The van der Waals surface area contributed by atoms with E-state index in [4.69, 9.17) is 0 Å². The molecule has 1 heterocycles. The fourth-order valence-electron chi connectivity index (χ4n) is 1.86. The Morgan fingerprint density at radius 1 is 1.29 bits per heavy atom. The van der Waals surface area contributed by atoms with Gasteiger partial charge in [0, 0.05) is 19.3 Å². The van der Waals surface area contributed by atoms with Gasteiger partial charge < -0.3 is 16.0 Å². The fraction of sp³-hybridized carbons (Fsp3) is 0.333. The van der Waals surface area contributed by atoms with Crippen LogP contribution in [0.15, 0.2) is 35.6 Å². The Labute approximate surface area is 139 Å². The van der Waals surface area contributed by atoms with Gasteiger partial charge in [-0.2, -0.15) is 5.10 Å². The Hall–Kier alpha value is -2.97. The second-order valence-corrected chi connectivity index (χ2v) is 4.90. The van der Waals surface area contributed by atoms with E-state index in [1.54, 1.807) is 11.7 Å². The Morgan fingerprint density at radius 2 is 2.04 bits per heavy atom. The van der Waals surface area contributed by atoms with Crippen molar-refractivity contribution >= 4 is 17.6 Å². The smallest absolute Gasteiger partial charge is 0.243 e. The Bertz CT molecular complexity index is 696. The van der Waals surface area contributed by atoms with Gasteiger partial charge in [-0.1, -0.05) is 0 Å². The van der Waals surface area contributed by atoms with Crippen LogP contribution in [0.5, 0.6) is 0 Å². The number of hydrogen-bond acceptors (Lipinski definition) is 4. The van der Waals surface area contributed by atoms with E-state index in [1.807, 2.05) is 6.92 Å². The van der Waals surface area contributed by atoms with Gasteiger partial charge >= 0.3 is 0 Å². The summed E-state index contributed by atoms with van der Waals surface area (Å²) in [5.41, 5.74) is 0.532.